The molecule has 0 saturated carbocycles. The first-order valence-electron chi connectivity index (χ1n) is 11.1. The Bertz CT molecular complexity index is 1140. The van der Waals surface area contributed by atoms with E-state index in [9.17, 15) is 19.6 Å². The zero-order chi connectivity index (χ0) is 24.7. The van der Waals surface area contributed by atoms with E-state index in [1.807, 2.05) is 6.07 Å². The van der Waals surface area contributed by atoms with Crippen LogP contribution < -0.4 is 5.32 Å². The van der Waals surface area contributed by atoms with Crippen LogP contribution in [0.15, 0.2) is 11.1 Å². The number of methoxy groups -OCH3 is 1. The number of rotatable bonds is 8. The zero-order valence-electron chi connectivity index (χ0n) is 19.5. The van der Waals surface area contributed by atoms with Crippen molar-refractivity contribution in [3.63, 3.8) is 0 Å². The van der Waals surface area contributed by atoms with Crippen LogP contribution in [0.2, 0.25) is 0 Å². The summed E-state index contributed by atoms with van der Waals surface area (Å²) >= 11 is 2.36. The van der Waals surface area contributed by atoms with Crippen LogP contribution in [0.5, 0.6) is 0 Å². The van der Waals surface area contributed by atoms with Gasteiger partial charge in [0, 0.05) is 17.9 Å². The highest BCUT2D eigenvalue weighted by Gasteiger charge is 2.27. The van der Waals surface area contributed by atoms with E-state index in [1.54, 1.807) is 13.8 Å². The number of thioether (sulfide) groups is 1. The number of nitriles is 1. The molecule has 0 saturated heterocycles. The molecule has 0 unspecified atom stereocenters. The maximum atomic E-state index is 12.6. The van der Waals surface area contributed by atoms with Crippen molar-refractivity contribution in [2.45, 2.75) is 57.4 Å². The molecule has 1 aliphatic rings. The molecule has 180 valence electrons. The SMILES string of the molecule is CCOC(=O)c1sc(NC(=O)CCSc2nc3c(cc2C#N)CCCCC3)c(C(=O)OC)c1C. The van der Waals surface area contributed by atoms with Crippen LogP contribution >= 0.6 is 23.1 Å². The molecule has 10 heteroatoms. The predicted molar refractivity (Wildman–Crippen MR) is 131 cm³/mol. The lowest BCUT2D eigenvalue weighted by Gasteiger charge is -2.10. The van der Waals surface area contributed by atoms with E-state index in [0.717, 1.165) is 54.7 Å². The Morgan fingerprint density at radius 2 is 2.00 bits per heavy atom. The third-order valence-electron chi connectivity index (χ3n) is 5.45. The Morgan fingerprint density at radius 1 is 1.24 bits per heavy atom. The largest absolute Gasteiger partial charge is 0.465 e. The Kier molecular flexibility index (Phi) is 9.07. The molecule has 0 bridgehead atoms. The third-order valence-corrected chi connectivity index (χ3v) is 7.63. The number of pyridine rings is 1. The Labute approximate surface area is 207 Å². The van der Waals surface area contributed by atoms with Gasteiger partial charge >= 0.3 is 11.9 Å². The maximum absolute atomic E-state index is 12.6. The van der Waals surface area contributed by atoms with Crippen LogP contribution in [0.4, 0.5) is 5.00 Å². The van der Waals surface area contributed by atoms with E-state index in [2.05, 4.69) is 11.4 Å². The van der Waals surface area contributed by atoms with Gasteiger partial charge in [0.05, 0.1) is 24.8 Å². The zero-order valence-corrected chi connectivity index (χ0v) is 21.1. The molecule has 0 atom stereocenters. The summed E-state index contributed by atoms with van der Waals surface area (Å²) in [5.74, 6) is -1.09. The number of ether oxygens (including phenoxy) is 2. The summed E-state index contributed by atoms with van der Waals surface area (Å²) in [5, 5.41) is 13.2. The molecule has 1 amide bonds. The molecule has 1 N–H and O–H groups in total. The van der Waals surface area contributed by atoms with Crippen LogP contribution in [0.25, 0.3) is 0 Å². The molecule has 2 aromatic rings. The number of fused-ring (bicyclic) bond motifs is 1. The highest BCUT2D eigenvalue weighted by molar-refractivity contribution is 7.99. The number of esters is 2. The minimum atomic E-state index is -0.637. The number of hydrogen-bond donors (Lipinski definition) is 1. The lowest BCUT2D eigenvalue weighted by Crippen LogP contribution is -2.14. The van der Waals surface area contributed by atoms with E-state index in [4.69, 9.17) is 14.5 Å². The second kappa shape index (κ2) is 12.0. The molecule has 3 rings (SSSR count). The third kappa shape index (κ3) is 5.96. The number of thiophene rings is 1. The molecule has 0 fully saturated rings. The first-order valence-corrected chi connectivity index (χ1v) is 12.9. The number of aromatic nitrogens is 1. The van der Waals surface area contributed by atoms with E-state index in [1.165, 1.54) is 18.9 Å². The normalized spacial score (nSPS) is 12.8. The van der Waals surface area contributed by atoms with Crippen molar-refractivity contribution >= 4 is 45.9 Å². The van der Waals surface area contributed by atoms with Gasteiger partial charge in [0.1, 0.15) is 21.0 Å². The number of nitrogens with zero attached hydrogens (tertiary/aromatic N) is 2. The molecule has 0 aromatic carbocycles. The molecule has 34 heavy (non-hydrogen) atoms. The number of hydrogen-bond acceptors (Lipinski definition) is 9. The second-order valence-electron chi connectivity index (χ2n) is 7.74. The van der Waals surface area contributed by atoms with Gasteiger partial charge < -0.3 is 14.8 Å². The molecule has 0 spiro atoms. The number of carbonyl (C=O) groups excluding carboxylic acids is 3. The van der Waals surface area contributed by atoms with Gasteiger partial charge in [0.15, 0.2) is 0 Å². The van der Waals surface area contributed by atoms with Crippen molar-refractivity contribution in [3.8, 4) is 6.07 Å². The predicted octanol–water partition coefficient (Wildman–Crippen LogP) is 4.68. The summed E-state index contributed by atoms with van der Waals surface area (Å²) in [7, 11) is 1.24. The average molecular weight is 502 g/mol. The molecule has 2 aromatic heterocycles. The number of amides is 1. The van der Waals surface area contributed by atoms with Gasteiger partial charge in [-0.05, 0) is 56.7 Å². The number of carbonyl (C=O) groups is 3. The van der Waals surface area contributed by atoms with Crippen molar-refractivity contribution in [3.05, 3.63) is 38.9 Å². The van der Waals surface area contributed by atoms with Crippen LogP contribution in [0.3, 0.4) is 0 Å². The smallest absolute Gasteiger partial charge is 0.348 e. The number of anilines is 1. The fourth-order valence-corrected chi connectivity index (χ4v) is 5.77. The number of aryl methyl sites for hydroxylation is 2. The minimum Gasteiger partial charge on any atom is -0.465 e. The molecule has 2 heterocycles. The van der Waals surface area contributed by atoms with Crippen molar-refractivity contribution < 1.29 is 23.9 Å². The van der Waals surface area contributed by atoms with Gasteiger partial charge in [-0.25, -0.2) is 14.6 Å². The fraction of sp³-hybridized carbons (Fsp3) is 0.458. The minimum absolute atomic E-state index is 0.139. The molecular weight excluding hydrogens is 474 g/mol. The molecule has 0 aliphatic heterocycles. The van der Waals surface area contributed by atoms with E-state index < -0.39 is 11.9 Å². The monoisotopic (exact) mass is 501 g/mol. The first kappa shape index (κ1) is 25.7. The van der Waals surface area contributed by atoms with Gasteiger partial charge in [-0.15, -0.1) is 23.1 Å². The Hall–Kier alpha value is -2.90. The highest BCUT2D eigenvalue weighted by atomic mass is 32.2. The van der Waals surface area contributed by atoms with Gasteiger partial charge in [0.2, 0.25) is 5.91 Å². The van der Waals surface area contributed by atoms with Crippen molar-refractivity contribution in [2.75, 3.05) is 24.8 Å². The lowest BCUT2D eigenvalue weighted by atomic mass is 10.1. The van der Waals surface area contributed by atoms with Crippen molar-refractivity contribution in [1.29, 1.82) is 5.26 Å². The van der Waals surface area contributed by atoms with E-state index >= 15 is 0 Å². The summed E-state index contributed by atoms with van der Waals surface area (Å²) < 4.78 is 9.88. The van der Waals surface area contributed by atoms with Crippen molar-refractivity contribution in [2.24, 2.45) is 0 Å². The van der Waals surface area contributed by atoms with Gasteiger partial charge in [-0.2, -0.15) is 5.26 Å². The summed E-state index contributed by atoms with van der Waals surface area (Å²) in [6.07, 6.45) is 5.36. The highest BCUT2D eigenvalue weighted by Crippen LogP contribution is 2.34. The van der Waals surface area contributed by atoms with E-state index in [-0.39, 0.29) is 34.4 Å². The number of nitrogens with one attached hydrogen (secondary N) is 1. The van der Waals surface area contributed by atoms with Gasteiger partial charge in [-0.3, -0.25) is 4.79 Å². The summed E-state index contributed by atoms with van der Waals surface area (Å²) in [5.41, 5.74) is 3.29. The van der Waals surface area contributed by atoms with E-state index in [0.29, 0.717) is 21.9 Å². The van der Waals surface area contributed by atoms with Crippen LogP contribution in [-0.4, -0.2) is 42.3 Å². The van der Waals surface area contributed by atoms with Crippen molar-refractivity contribution in [1.82, 2.24) is 4.98 Å². The molecule has 8 nitrogen and oxygen atoms in total. The Morgan fingerprint density at radius 3 is 2.71 bits per heavy atom. The molecule has 1 aliphatic carbocycles. The van der Waals surface area contributed by atoms with Gasteiger partial charge in [0.25, 0.3) is 0 Å². The Balaban J connectivity index is 1.69. The van der Waals surface area contributed by atoms with Crippen LogP contribution in [-0.2, 0) is 27.1 Å². The summed E-state index contributed by atoms with van der Waals surface area (Å²) in [4.78, 5) is 42.1. The molecular formula is C24H27N3O5S2. The van der Waals surface area contributed by atoms with Gasteiger partial charge in [-0.1, -0.05) is 6.42 Å². The first-order chi connectivity index (χ1) is 16.4. The fourth-order valence-electron chi connectivity index (χ4n) is 3.75. The summed E-state index contributed by atoms with van der Waals surface area (Å²) in [6.45, 7) is 3.51. The standard InChI is InChI=1S/C24H27N3O5S2/c1-4-32-24(30)20-14(2)19(23(29)31-3)22(34-20)27-18(28)10-11-33-21-16(13-25)12-15-8-6-5-7-9-17(15)26-21/h12H,4-11H2,1-3H3,(H,27,28). The molecule has 0 radical (unpaired) electrons. The lowest BCUT2D eigenvalue weighted by molar-refractivity contribution is -0.115. The maximum Gasteiger partial charge on any atom is 0.348 e. The quantitative estimate of drug-likeness (QED) is 0.315. The van der Waals surface area contributed by atoms with Crippen LogP contribution in [0, 0.1) is 18.3 Å². The average Bonchev–Trinajstić information content (AvgIpc) is 2.98. The summed E-state index contributed by atoms with van der Waals surface area (Å²) in [6, 6.07) is 4.16. The topological polar surface area (TPSA) is 118 Å². The van der Waals surface area contributed by atoms with Crippen LogP contribution in [0.1, 0.15) is 75.0 Å². The second-order valence-corrected chi connectivity index (χ2v) is 9.84.